The number of likely N-dealkylation sites (tertiary alicyclic amines) is 1. The van der Waals surface area contributed by atoms with Crippen molar-refractivity contribution >= 4 is 6.03 Å². The molecular formula is C17H32N6O. The van der Waals surface area contributed by atoms with Crippen molar-refractivity contribution < 1.29 is 4.79 Å². The van der Waals surface area contributed by atoms with Crippen LogP contribution in [-0.2, 0) is 13.1 Å². The standard InChI is InChI=1S/C17H32N6O/c1-5-22-12-20-21-16(22)11-19-17(24)18-10-15(13(2)3)23-8-6-14(4)7-9-23/h12-15H,5-11H2,1-4H3,(H2,18,19,24)/t15-/m0/s1. The number of piperidine rings is 1. The smallest absolute Gasteiger partial charge is 0.315 e. The zero-order valence-electron chi connectivity index (χ0n) is 15.5. The van der Waals surface area contributed by atoms with E-state index in [2.05, 4.69) is 46.5 Å². The molecule has 2 N–H and O–H groups in total. The third-order valence-corrected chi connectivity index (χ3v) is 4.97. The number of nitrogens with zero attached hydrogens (tertiary/aromatic N) is 4. The highest BCUT2D eigenvalue weighted by molar-refractivity contribution is 5.73. The highest BCUT2D eigenvalue weighted by Crippen LogP contribution is 2.20. The Morgan fingerprint density at radius 2 is 2.04 bits per heavy atom. The van der Waals surface area contributed by atoms with Crippen LogP contribution in [0.25, 0.3) is 0 Å². The maximum Gasteiger partial charge on any atom is 0.315 e. The molecule has 2 heterocycles. The van der Waals surface area contributed by atoms with Crippen LogP contribution in [0.4, 0.5) is 4.79 Å². The first-order chi connectivity index (χ1) is 11.5. The fourth-order valence-electron chi connectivity index (χ4n) is 3.25. The lowest BCUT2D eigenvalue weighted by Gasteiger charge is -2.38. The molecule has 0 aliphatic carbocycles. The van der Waals surface area contributed by atoms with Crippen molar-refractivity contribution in [1.29, 1.82) is 0 Å². The Kier molecular flexibility index (Phi) is 7.02. The summed E-state index contributed by atoms with van der Waals surface area (Å²) >= 11 is 0. The largest absolute Gasteiger partial charge is 0.337 e. The maximum absolute atomic E-state index is 12.1. The van der Waals surface area contributed by atoms with Gasteiger partial charge in [0.05, 0.1) is 6.54 Å². The number of rotatable bonds is 7. The summed E-state index contributed by atoms with van der Waals surface area (Å²) in [5, 5.41) is 13.8. The van der Waals surface area contributed by atoms with Crippen molar-refractivity contribution in [2.24, 2.45) is 11.8 Å². The number of nitrogens with one attached hydrogen (secondary N) is 2. The number of aromatic nitrogens is 3. The van der Waals surface area contributed by atoms with Crippen LogP contribution in [0.5, 0.6) is 0 Å². The number of hydrogen-bond donors (Lipinski definition) is 2. The lowest BCUT2D eigenvalue weighted by atomic mass is 9.94. The fourth-order valence-corrected chi connectivity index (χ4v) is 3.25. The van der Waals surface area contributed by atoms with Gasteiger partial charge >= 0.3 is 6.03 Å². The lowest BCUT2D eigenvalue weighted by molar-refractivity contribution is 0.108. The predicted molar refractivity (Wildman–Crippen MR) is 94.5 cm³/mol. The van der Waals surface area contributed by atoms with Gasteiger partial charge in [-0.15, -0.1) is 10.2 Å². The van der Waals surface area contributed by atoms with Gasteiger partial charge in [0, 0.05) is 19.1 Å². The van der Waals surface area contributed by atoms with E-state index in [1.165, 1.54) is 12.8 Å². The molecule has 1 atom stereocenters. The molecule has 0 unspecified atom stereocenters. The molecule has 1 aliphatic heterocycles. The van der Waals surface area contributed by atoms with Crippen molar-refractivity contribution in [3.8, 4) is 0 Å². The molecule has 1 aromatic rings. The normalized spacial score (nSPS) is 17.9. The van der Waals surface area contributed by atoms with Crippen molar-refractivity contribution in [3.63, 3.8) is 0 Å². The molecule has 1 aliphatic rings. The van der Waals surface area contributed by atoms with Crippen molar-refractivity contribution in [2.75, 3.05) is 19.6 Å². The summed E-state index contributed by atoms with van der Waals surface area (Å²) in [7, 11) is 0. The van der Waals surface area contributed by atoms with Gasteiger partial charge in [0.2, 0.25) is 0 Å². The highest BCUT2D eigenvalue weighted by Gasteiger charge is 2.25. The summed E-state index contributed by atoms with van der Waals surface area (Å²) in [6.07, 6.45) is 4.19. The Hall–Kier alpha value is -1.63. The molecule has 0 aromatic carbocycles. The molecule has 1 saturated heterocycles. The molecule has 0 bridgehead atoms. The minimum Gasteiger partial charge on any atom is -0.337 e. The third-order valence-electron chi connectivity index (χ3n) is 4.97. The van der Waals surface area contributed by atoms with E-state index in [1.807, 2.05) is 11.5 Å². The van der Waals surface area contributed by atoms with Gasteiger partial charge in [0.1, 0.15) is 6.33 Å². The molecule has 2 amide bonds. The van der Waals surface area contributed by atoms with Crippen molar-refractivity contribution in [1.82, 2.24) is 30.3 Å². The summed E-state index contributed by atoms with van der Waals surface area (Å²) in [4.78, 5) is 14.6. The molecular weight excluding hydrogens is 304 g/mol. The summed E-state index contributed by atoms with van der Waals surface area (Å²) in [5.41, 5.74) is 0. The molecule has 7 heteroatoms. The predicted octanol–water partition coefficient (Wildman–Crippen LogP) is 1.85. The van der Waals surface area contributed by atoms with Gasteiger partial charge in [-0.1, -0.05) is 20.8 Å². The second kappa shape index (κ2) is 9.01. The van der Waals surface area contributed by atoms with Gasteiger partial charge in [-0.3, -0.25) is 4.90 Å². The summed E-state index contributed by atoms with van der Waals surface area (Å²) < 4.78 is 1.92. The topological polar surface area (TPSA) is 75.1 Å². The summed E-state index contributed by atoms with van der Waals surface area (Å²) in [5.74, 6) is 2.11. The van der Waals surface area contributed by atoms with E-state index in [9.17, 15) is 4.79 Å². The first kappa shape index (κ1) is 18.7. The number of aryl methyl sites for hydroxylation is 1. The molecule has 0 spiro atoms. The van der Waals surface area contributed by atoms with E-state index >= 15 is 0 Å². The Bertz CT molecular complexity index is 507. The van der Waals surface area contributed by atoms with Crippen LogP contribution in [0, 0.1) is 11.8 Å². The van der Waals surface area contributed by atoms with E-state index in [0.29, 0.717) is 25.0 Å². The van der Waals surface area contributed by atoms with Crippen LogP contribution in [0.3, 0.4) is 0 Å². The van der Waals surface area contributed by atoms with Crippen LogP contribution in [-0.4, -0.2) is 51.4 Å². The van der Waals surface area contributed by atoms with E-state index in [0.717, 1.165) is 31.4 Å². The summed E-state index contributed by atoms with van der Waals surface area (Å²) in [6.45, 7) is 12.9. The van der Waals surface area contributed by atoms with Crippen molar-refractivity contribution in [3.05, 3.63) is 12.2 Å². The first-order valence-corrected chi connectivity index (χ1v) is 9.13. The minimum atomic E-state index is -0.142. The van der Waals surface area contributed by atoms with E-state index in [-0.39, 0.29) is 6.03 Å². The molecule has 136 valence electrons. The maximum atomic E-state index is 12.1. The Balaban J connectivity index is 1.77. The second-order valence-electron chi connectivity index (χ2n) is 7.13. The zero-order valence-corrected chi connectivity index (χ0v) is 15.5. The minimum absolute atomic E-state index is 0.142. The van der Waals surface area contributed by atoms with Crippen LogP contribution < -0.4 is 10.6 Å². The average Bonchev–Trinajstić information content (AvgIpc) is 3.02. The molecule has 1 aromatic heterocycles. The first-order valence-electron chi connectivity index (χ1n) is 9.13. The second-order valence-corrected chi connectivity index (χ2v) is 7.13. The molecule has 7 nitrogen and oxygen atoms in total. The monoisotopic (exact) mass is 336 g/mol. The molecule has 2 rings (SSSR count). The van der Waals surface area contributed by atoms with Gasteiger partial charge < -0.3 is 15.2 Å². The van der Waals surface area contributed by atoms with Crippen LogP contribution >= 0.6 is 0 Å². The number of urea groups is 1. The van der Waals surface area contributed by atoms with Crippen molar-refractivity contribution in [2.45, 2.75) is 59.7 Å². The average molecular weight is 336 g/mol. The third kappa shape index (κ3) is 5.19. The van der Waals surface area contributed by atoms with Gasteiger partial charge in [-0.2, -0.15) is 0 Å². The molecule has 0 saturated carbocycles. The van der Waals surface area contributed by atoms with Gasteiger partial charge in [0.25, 0.3) is 0 Å². The molecule has 0 radical (unpaired) electrons. The van der Waals surface area contributed by atoms with Crippen LogP contribution in [0.15, 0.2) is 6.33 Å². The zero-order chi connectivity index (χ0) is 17.5. The van der Waals surface area contributed by atoms with Crippen LogP contribution in [0.2, 0.25) is 0 Å². The van der Waals surface area contributed by atoms with E-state index < -0.39 is 0 Å². The Morgan fingerprint density at radius 1 is 1.33 bits per heavy atom. The number of amides is 2. The van der Waals surface area contributed by atoms with E-state index in [4.69, 9.17) is 0 Å². The molecule has 1 fully saturated rings. The quantitative estimate of drug-likeness (QED) is 0.797. The molecule has 24 heavy (non-hydrogen) atoms. The fraction of sp³-hybridized carbons (Fsp3) is 0.824. The Labute approximate surface area is 145 Å². The van der Waals surface area contributed by atoms with E-state index in [1.54, 1.807) is 6.33 Å². The number of hydrogen-bond acceptors (Lipinski definition) is 4. The van der Waals surface area contributed by atoms with Gasteiger partial charge in [-0.05, 0) is 44.7 Å². The number of carbonyl (C=O) groups excluding carboxylic acids is 1. The summed E-state index contributed by atoms with van der Waals surface area (Å²) in [6, 6.07) is 0.249. The lowest BCUT2D eigenvalue weighted by Crippen LogP contribution is -2.51. The highest BCUT2D eigenvalue weighted by atomic mass is 16.2. The van der Waals surface area contributed by atoms with Gasteiger partial charge in [-0.25, -0.2) is 4.79 Å². The van der Waals surface area contributed by atoms with Crippen LogP contribution in [0.1, 0.15) is 46.4 Å². The Morgan fingerprint density at radius 3 is 2.67 bits per heavy atom. The SMILES string of the molecule is CCn1cnnc1CNC(=O)NC[C@@H](C(C)C)N1CCC(C)CC1. The number of carbonyl (C=O) groups is 1. The van der Waals surface area contributed by atoms with Gasteiger partial charge in [0.15, 0.2) is 5.82 Å².